The van der Waals surface area contributed by atoms with Crippen LogP contribution in [0.4, 0.5) is 0 Å². The summed E-state index contributed by atoms with van der Waals surface area (Å²) < 4.78 is 3.96. The molecule has 0 spiro atoms. The molecule has 0 unspecified atom stereocenters. The van der Waals surface area contributed by atoms with Gasteiger partial charge in [0, 0.05) is 6.92 Å². The van der Waals surface area contributed by atoms with Gasteiger partial charge in [0.15, 0.2) is 5.60 Å². The molecule has 8 heteroatoms. The smallest absolute Gasteiger partial charge is 0.346 e. The molecular weight excluding hydrogens is 224 g/mol. The van der Waals surface area contributed by atoms with Crippen LogP contribution >= 0.6 is 0 Å². The molecule has 16 heavy (non-hydrogen) atoms. The number of carbonyl (C=O) groups excluding carboxylic acids is 2. The van der Waals surface area contributed by atoms with Crippen molar-refractivity contribution in [3.05, 3.63) is 0 Å². The number of hydrogen-bond acceptors (Lipinski definition) is 6. The van der Waals surface area contributed by atoms with E-state index in [1.807, 2.05) is 0 Å². The summed E-state index contributed by atoms with van der Waals surface area (Å²) in [5, 5.41) is 26.3. The second-order valence-electron chi connectivity index (χ2n) is 3.05. The monoisotopic (exact) mass is 234 g/mol. The predicted octanol–water partition coefficient (Wildman–Crippen LogP) is -1.24. The molecule has 0 aromatic rings. The molecule has 0 bridgehead atoms. The molecule has 8 nitrogen and oxygen atoms in total. The van der Waals surface area contributed by atoms with E-state index in [2.05, 4.69) is 4.74 Å². The van der Waals surface area contributed by atoms with Crippen LogP contribution in [0.3, 0.4) is 0 Å². The molecule has 0 heterocycles. The van der Waals surface area contributed by atoms with E-state index in [9.17, 15) is 24.3 Å². The topological polar surface area (TPSA) is 138 Å². The molecule has 0 aliphatic carbocycles. The van der Waals surface area contributed by atoms with Gasteiger partial charge in [-0.3, -0.25) is 14.4 Å². The average Bonchev–Trinajstić information content (AvgIpc) is 1.98. The summed E-state index contributed by atoms with van der Waals surface area (Å²) in [5.74, 6) is -5.85. The van der Waals surface area contributed by atoms with Crippen molar-refractivity contribution in [3.63, 3.8) is 0 Å². The van der Waals surface area contributed by atoms with Gasteiger partial charge in [-0.1, -0.05) is 0 Å². The van der Waals surface area contributed by atoms with Crippen molar-refractivity contribution >= 4 is 23.9 Å². The fourth-order valence-electron chi connectivity index (χ4n) is 0.933. The van der Waals surface area contributed by atoms with Crippen LogP contribution in [-0.4, -0.2) is 44.8 Å². The van der Waals surface area contributed by atoms with Gasteiger partial charge >= 0.3 is 23.9 Å². The number of carbonyl (C=O) groups is 4. The normalized spacial score (nSPS) is 10.6. The molecule has 0 aliphatic heterocycles. The minimum atomic E-state index is -2.75. The lowest BCUT2D eigenvalue weighted by molar-refractivity contribution is -0.180. The number of carboxylic acid groups (broad SMARTS) is 2. The molecule has 0 rings (SSSR count). The summed E-state index contributed by atoms with van der Waals surface area (Å²) in [6, 6.07) is 0. The SMILES string of the molecule is CC(=O)OC(=O)C(O)(CC(=O)O)CC(=O)O. The summed E-state index contributed by atoms with van der Waals surface area (Å²) in [6.07, 6.45) is -2.32. The highest BCUT2D eigenvalue weighted by Gasteiger charge is 2.43. The zero-order valence-corrected chi connectivity index (χ0v) is 8.30. The first-order chi connectivity index (χ1) is 7.17. The van der Waals surface area contributed by atoms with Gasteiger partial charge in [-0.25, -0.2) is 4.79 Å². The largest absolute Gasteiger partial charge is 0.481 e. The van der Waals surface area contributed by atoms with Gasteiger partial charge < -0.3 is 20.1 Å². The van der Waals surface area contributed by atoms with E-state index in [-0.39, 0.29) is 0 Å². The number of rotatable bonds is 5. The molecule has 0 aromatic heterocycles. The second kappa shape index (κ2) is 5.21. The van der Waals surface area contributed by atoms with Crippen LogP contribution in [-0.2, 0) is 23.9 Å². The summed E-state index contributed by atoms with van der Waals surface area (Å²) in [6.45, 7) is 0.861. The van der Waals surface area contributed by atoms with Crippen LogP contribution in [0.1, 0.15) is 19.8 Å². The van der Waals surface area contributed by atoms with Gasteiger partial charge in [0.1, 0.15) is 0 Å². The lowest BCUT2D eigenvalue weighted by atomic mass is 9.96. The van der Waals surface area contributed by atoms with Crippen LogP contribution in [0.15, 0.2) is 0 Å². The highest BCUT2D eigenvalue weighted by Crippen LogP contribution is 2.18. The Bertz CT molecular complexity index is 315. The number of hydrogen-bond donors (Lipinski definition) is 3. The Labute approximate surface area is 89.4 Å². The lowest BCUT2D eigenvalue weighted by Crippen LogP contribution is -2.44. The van der Waals surface area contributed by atoms with Crippen LogP contribution in [0.25, 0.3) is 0 Å². The van der Waals surface area contributed by atoms with Crippen LogP contribution in [0.5, 0.6) is 0 Å². The van der Waals surface area contributed by atoms with Crippen molar-refractivity contribution in [1.82, 2.24) is 0 Å². The van der Waals surface area contributed by atoms with Crippen molar-refractivity contribution < 1.29 is 39.2 Å². The van der Waals surface area contributed by atoms with Gasteiger partial charge in [-0.2, -0.15) is 0 Å². The molecule has 3 N–H and O–H groups in total. The zero-order chi connectivity index (χ0) is 12.9. The van der Waals surface area contributed by atoms with Gasteiger partial charge in [0.25, 0.3) is 0 Å². The first-order valence-electron chi connectivity index (χ1n) is 4.06. The molecule has 0 fully saturated rings. The molecule has 0 atom stereocenters. The van der Waals surface area contributed by atoms with Crippen LogP contribution in [0, 0.1) is 0 Å². The van der Waals surface area contributed by atoms with Crippen molar-refractivity contribution in [2.45, 2.75) is 25.4 Å². The minimum Gasteiger partial charge on any atom is -0.481 e. The van der Waals surface area contributed by atoms with Crippen molar-refractivity contribution in [1.29, 1.82) is 0 Å². The third-order valence-electron chi connectivity index (χ3n) is 1.50. The summed E-state index contributed by atoms with van der Waals surface area (Å²) in [7, 11) is 0. The molecule has 0 saturated heterocycles. The fourth-order valence-corrected chi connectivity index (χ4v) is 0.933. The summed E-state index contributed by atoms with van der Waals surface area (Å²) in [4.78, 5) is 42.2. The number of aliphatic hydroxyl groups is 1. The molecule has 0 aromatic carbocycles. The summed E-state index contributed by atoms with van der Waals surface area (Å²) in [5.41, 5.74) is -2.75. The van der Waals surface area contributed by atoms with Gasteiger partial charge in [-0.05, 0) is 0 Å². The molecule has 0 amide bonds. The predicted molar refractivity (Wildman–Crippen MR) is 46.2 cm³/mol. The van der Waals surface area contributed by atoms with Crippen LogP contribution < -0.4 is 0 Å². The van der Waals surface area contributed by atoms with E-state index >= 15 is 0 Å². The number of aliphatic carboxylic acids is 2. The lowest BCUT2D eigenvalue weighted by Gasteiger charge is -2.21. The van der Waals surface area contributed by atoms with E-state index in [1.165, 1.54) is 0 Å². The van der Waals surface area contributed by atoms with Crippen LogP contribution in [0.2, 0.25) is 0 Å². The van der Waals surface area contributed by atoms with E-state index in [0.29, 0.717) is 0 Å². The molecule has 0 saturated carbocycles. The Morgan fingerprint density at radius 1 is 1.06 bits per heavy atom. The molecule has 90 valence electrons. The quantitative estimate of drug-likeness (QED) is 0.396. The van der Waals surface area contributed by atoms with Crippen molar-refractivity contribution in [3.8, 4) is 0 Å². The minimum absolute atomic E-state index is 0.861. The third kappa shape index (κ3) is 4.51. The zero-order valence-electron chi connectivity index (χ0n) is 8.30. The van der Waals surface area contributed by atoms with Gasteiger partial charge in [0.2, 0.25) is 0 Å². The Hall–Kier alpha value is -1.96. The van der Waals surface area contributed by atoms with E-state index in [4.69, 9.17) is 10.2 Å². The second-order valence-corrected chi connectivity index (χ2v) is 3.05. The van der Waals surface area contributed by atoms with Gasteiger partial charge in [-0.15, -0.1) is 0 Å². The number of ether oxygens (including phenoxy) is 1. The summed E-state index contributed by atoms with van der Waals surface area (Å²) >= 11 is 0. The molecule has 0 radical (unpaired) electrons. The molecule has 0 aliphatic rings. The standard InChI is InChI=1S/C8H10O8/c1-4(9)16-7(14)8(15,2-5(10)11)3-6(12)13/h15H,2-3H2,1H3,(H,10,11)(H,12,13). The fraction of sp³-hybridized carbons (Fsp3) is 0.500. The molecular formula is C8H10O8. The number of carboxylic acids is 2. The third-order valence-corrected chi connectivity index (χ3v) is 1.50. The average molecular weight is 234 g/mol. The first kappa shape index (κ1) is 14.0. The Balaban J connectivity index is 4.90. The maximum atomic E-state index is 11.1. The van der Waals surface area contributed by atoms with Crippen molar-refractivity contribution in [2.75, 3.05) is 0 Å². The highest BCUT2D eigenvalue weighted by atomic mass is 16.6. The van der Waals surface area contributed by atoms with E-state index in [1.54, 1.807) is 0 Å². The first-order valence-corrected chi connectivity index (χ1v) is 4.06. The van der Waals surface area contributed by atoms with E-state index < -0.39 is 42.3 Å². The Morgan fingerprint density at radius 3 is 1.69 bits per heavy atom. The maximum absolute atomic E-state index is 11.1. The van der Waals surface area contributed by atoms with E-state index in [0.717, 1.165) is 6.92 Å². The number of esters is 2. The van der Waals surface area contributed by atoms with Crippen molar-refractivity contribution in [2.24, 2.45) is 0 Å². The Morgan fingerprint density at radius 2 is 1.44 bits per heavy atom. The highest BCUT2D eigenvalue weighted by molar-refractivity contribution is 5.94. The van der Waals surface area contributed by atoms with Gasteiger partial charge in [0.05, 0.1) is 12.8 Å². The maximum Gasteiger partial charge on any atom is 0.346 e. The Kier molecular flexibility index (Phi) is 4.58.